The van der Waals surface area contributed by atoms with Gasteiger partial charge in [-0.3, -0.25) is 0 Å². The molecule has 0 unspecified atom stereocenters. The standard InChI is InChI=1S/C14H18N4O/c1-9-7-14(16-11(3)15-9)18-6-4-5-13(18)12-8-10(2)19-17-12/h7-8,13H,4-6H2,1-3H3/t13-/m0/s1. The molecule has 0 radical (unpaired) electrons. The number of hydrogen-bond acceptors (Lipinski definition) is 5. The lowest BCUT2D eigenvalue weighted by atomic mass is 10.1. The molecule has 0 amide bonds. The van der Waals surface area contributed by atoms with Gasteiger partial charge in [-0.25, -0.2) is 9.97 Å². The van der Waals surface area contributed by atoms with E-state index in [0.717, 1.165) is 48.2 Å². The lowest BCUT2D eigenvalue weighted by molar-refractivity contribution is 0.385. The van der Waals surface area contributed by atoms with E-state index >= 15 is 0 Å². The van der Waals surface area contributed by atoms with Crippen molar-refractivity contribution in [3.05, 3.63) is 35.1 Å². The second-order valence-corrected chi connectivity index (χ2v) is 5.13. The summed E-state index contributed by atoms with van der Waals surface area (Å²) in [6.45, 7) is 6.87. The zero-order valence-corrected chi connectivity index (χ0v) is 11.6. The fraction of sp³-hybridized carbons (Fsp3) is 0.500. The predicted molar refractivity (Wildman–Crippen MR) is 72.1 cm³/mol. The molecule has 100 valence electrons. The van der Waals surface area contributed by atoms with Crippen LogP contribution in [0.15, 0.2) is 16.7 Å². The molecule has 5 nitrogen and oxygen atoms in total. The molecule has 1 aliphatic heterocycles. The molecule has 1 aliphatic rings. The van der Waals surface area contributed by atoms with E-state index in [-0.39, 0.29) is 6.04 Å². The van der Waals surface area contributed by atoms with Crippen LogP contribution in [0.2, 0.25) is 0 Å². The van der Waals surface area contributed by atoms with Crippen LogP contribution in [0.25, 0.3) is 0 Å². The Balaban J connectivity index is 1.94. The lowest BCUT2D eigenvalue weighted by Gasteiger charge is -2.24. The van der Waals surface area contributed by atoms with E-state index in [2.05, 4.69) is 20.0 Å². The van der Waals surface area contributed by atoms with Gasteiger partial charge in [-0.2, -0.15) is 0 Å². The van der Waals surface area contributed by atoms with Crippen LogP contribution in [-0.2, 0) is 0 Å². The highest BCUT2D eigenvalue weighted by Crippen LogP contribution is 2.34. The minimum absolute atomic E-state index is 0.270. The molecule has 3 heterocycles. The first-order chi connectivity index (χ1) is 9.13. The third-order valence-corrected chi connectivity index (χ3v) is 3.49. The number of aryl methyl sites for hydroxylation is 3. The van der Waals surface area contributed by atoms with Crippen molar-refractivity contribution >= 4 is 5.82 Å². The average Bonchev–Trinajstić information content (AvgIpc) is 2.95. The Hall–Kier alpha value is -1.91. The number of nitrogens with zero attached hydrogens (tertiary/aromatic N) is 4. The van der Waals surface area contributed by atoms with Gasteiger partial charge in [0.1, 0.15) is 23.1 Å². The van der Waals surface area contributed by atoms with Gasteiger partial charge in [0.25, 0.3) is 0 Å². The van der Waals surface area contributed by atoms with E-state index in [0.29, 0.717) is 0 Å². The molecule has 0 bridgehead atoms. The van der Waals surface area contributed by atoms with Crippen molar-refractivity contribution in [2.45, 2.75) is 39.7 Å². The zero-order valence-electron chi connectivity index (χ0n) is 11.6. The van der Waals surface area contributed by atoms with E-state index in [4.69, 9.17) is 4.52 Å². The Morgan fingerprint density at radius 1 is 1.21 bits per heavy atom. The van der Waals surface area contributed by atoms with E-state index in [1.54, 1.807) is 0 Å². The molecule has 19 heavy (non-hydrogen) atoms. The van der Waals surface area contributed by atoms with Gasteiger partial charge < -0.3 is 9.42 Å². The lowest BCUT2D eigenvalue weighted by Crippen LogP contribution is -2.24. The molecular formula is C14H18N4O. The first-order valence-electron chi connectivity index (χ1n) is 6.65. The number of hydrogen-bond donors (Lipinski definition) is 0. The summed E-state index contributed by atoms with van der Waals surface area (Å²) in [5.41, 5.74) is 2.01. The van der Waals surface area contributed by atoms with Gasteiger partial charge in [0.05, 0.1) is 6.04 Å². The van der Waals surface area contributed by atoms with Crippen molar-refractivity contribution in [1.82, 2.24) is 15.1 Å². The first kappa shape index (κ1) is 12.1. The van der Waals surface area contributed by atoms with Crippen LogP contribution >= 0.6 is 0 Å². The van der Waals surface area contributed by atoms with Crippen molar-refractivity contribution in [3.63, 3.8) is 0 Å². The number of anilines is 1. The van der Waals surface area contributed by atoms with Crippen molar-refractivity contribution in [2.75, 3.05) is 11.4 Å². The summed E-state index contributed by atoms with van der Waals surface area (Å²) in [6, 6.07) is 4.33. The van der Waals surface area contributed by atoms with Gasteiger partial charge in [0, 0.05) is 24.4 Å². The minimum atomic E-state index is 0.270. The highest BCUT2D eigenvalue weighted by Gasteiger charge is 2.29. The molecule has 0 saturated carbocycles. The predicted octanol–water partition coefficient (Wildman–Crippen LogP) is 2.73. The molecule has 1 atom stereocenters. The molecule has 0 aliphatic carbocycles. The van der Waals surface area contributed by atoms with Gasteiger partial charge >= 0.3 is 0 Å². The second kappa shape index (κ2) is 4.64. The molecular weight excluding hydrogens is 240 g/mol. The number of aromatic nitrogens is 3. The Morgan fingerprint density at radius 3 is 2.74 bits per heavy atom. The highest BCUT2D eigenvalue weighted by molar-refractivity contribution is 5.43. The average molecular weight is 258 g/mol. The van der Waals surface area contributed by atoms with E-state index in [1.807, 2.05) is 32.9 Å². The summed E-state index contributed by atoms with van der Waals surface area (Å²) in [7, 11) is 0. The van der Waals surface area contributed by atoms with Crippen LogP contribution < -0.4 is 4.90 Å². The highest BCUT2D eigenvalue weighted by atomic mass is 16.5. The molecule has 1 saturated heterocycles. The third-order valence-electron chi connectivity index (χ3n) is 3.49. The summed E-state index contributed by atoms with van der Waals surface area (Å²) in [5, 5.41) is 4.16. The smallest absolute Gasteiger partial charge is 0.134 e. The Kier molecular flexibility index (Phi) is 2.97. The van der Waals surface area contributed by atoms with Gasteiger partial charge in [0.15, 0.2) is 0 Å². The maximum Gasteiger partial charge on any atom is 0.134 e. The van der Waals surface area contributed by atoms with Crippen LogP contribution in [0.3, 0.4) is 0 Å². The largest absolute Gasteiger partial charge is 0.361 e. The molecule has 0 spiro atoms. The fourth-order valence-corrected chi connectivity index (χ4v) is 2.74. The summed E-state index contributed by atoms with van der Waals surface area (Å²) < 4.78 is 5.20. The van der Waals surface area contributed by atoms with Crippen LogP contribution in [0.5, 0.6) is 0 Å². The van der Waals surface area contributed by atoms with Crippen molar-refractivity contribution in [2.24, 2.45) is 0 Å². The van der Waals surface area contributed by atoms with Crippen molar-refractivity contribution < 1.29 is 4.52 Å². The maximum absolute atomic E-state index is 5.20. The van der Waals surface area contributed by atoms with E-state index < -0.39 is 0 Å². The first-order valence-corrected chi connectivity index (χ1v) is 6.65. The van der Waals surface area contributed by atoms with Crippen molar-refractivity contribution in [3.8, 4) is 0 Å². The van der Waals surface area contributed by atoms with Gasteiger partial charge in [-0.05, 0) is 33.6 Å². The molecule has 2 aromatic heterocycles. The minimum Gasteiger partial charge on any atom is -0.361 e. The van der Waals surface area contributed by atoms with Crippen LogP contribution in [0, 0.1) is 20.8 Å². The SMILES string of the molecule is Cc1cc(N2CCC[C@H]2c2cc(C)on2)nc(C)n1. The topological polar surface area (TPSA) is 55.1 Å². The van der Waals surface area contributed by atoms with Crippen LogP contribution in [0.4, 0.5) is 5.82 Å². The Labute approximate surface area is 112 Å². The molecule has 1 fully saturated rings. The molecule has 5 heteroatoms. The zero-order chi connectivity index (χ0) is 13.4. The van der Waals surface area contributed by atoms with E-state index in [9.17, 15) is 0 Å². The summed E-state index contributed by atoms with van der Waals surface area (Å²) in [6.07, 6.45) is 2.24. The fourth-order valence-electron chi connectivity index (χ4n) is 2.74. The van der Waals surface area contributed by atoms with Crippen molar-refractivity contribution in [1.29, 1.82) is 0 Å². The van der Waals surface area contributed by atoms with Crippen LogP contribution in [0.1, 0.15) is 41.9 Å². The Morgan fingerprint density at radius 2 is 2.05 bits per heavy atom. The van der Waals surface area contributed by atoms with Crippen LogP contribution in [-0.4, -0.2) is 21.7 Å². The second-order valence-electron chi connectivity index (χ2n) is 5.13. The quantitative estimate of drug-likeness (QED) is 0.829. The normalized spacial score (nSPS) is 19.1. The molecule has 0 N–H and O–H groups in total. The monoisotopic (exact) mass is 258 g/mol. The third kappa shape index (κ3) is 2.32. The molecule has 3 rings (SSSR count). The van der Waals surface area contributed by atoms with E-state index in [1.165, 1.54) is 0 Å². The van der Waals surface area contributed by atoms with Gasteiger partial charge in [0.2, 0.25) is 0 Å². The van der Waals surface area contributed by atoms with Gasteiger partial charge in [-0.15, -0.1) is 0 Å². The maximum atomic E-state index is 5.20. The molecule has 0 aromatic carbocycles. The van der Waals surface area contributed by atoms with Gasteiger partial charge in [-0.1, -0.05) is 5.16 Å². The Bertz CT molecular complexity index is 573. The summed E-state index contributed by atoms with van der Waals surface area (Å²) in [4.78, 5) is 11.2. The number of rotatable bonds is 2. The molecule has 2 aromatic rings. The summed E-state index contributed by atoms with van der Waals surface area (Å²) in [5.74, 6) is 2.67. The summed E-state index contributed by atoms with van der Waals surface area (Å²) >= 11 is 0.